The van der Waals surface area contributed by atoms with Crippen molar-refractivity contribution in [1.29, 1.82) is 0 Å². The monoisotopic (exact) mass is 398 g/mol. The van der Waals surface area contributed by atoms with Crippen LogP contribution in [0.1, 0.15) is 43.1 Å². The fourth-order valence-electron chi connectivity index (χ4n) is 2.95. The SMILES string of the molecule is COC(=O)c1ccc2c(c1)CCC(NC(=O)OC(C)(C)C)CN2C(=O)C(F)F. The van der Waals surface area contributed by atoms with Crippen LogP contribution in [0.25, 0.3) is 0 Å². The summed E-state index contributed by atoms with van der Waals surface area (Å²) < 4.78 is 36.2. The molecule has 0 saturated heterocycles. The van der Waals surface area contributed by atoms with Gasteiger partial charge in [-0.2, -0.15) is 8.78 Å². The Morgan fingerprint density at radius 3 is 2.50 bits per heavy atom. The molecule has 28 heavy (non-hydrogen) atoms. The zero-order valence-electron chi connectivity index (χ0n) is 16.3. The van der Waals surface area contributed by atoms with Crippen LogP contribution in [0.2, 0.25) is 0 Å². The van der Waals surface area contributed by atoms with Gasteiger partial charge in [-0.3, -0.25) is 4.79 Å². The van der Waals surface area contributed by atoms with Crippen LogP contribution in [0.15, 0.2) is 18.2 Å². The second-order valence-corrected chi connectivity index (χ2v) is 7.47. The van der Waals surface area contributed by atoms with Crippen LogP contribution < -0.4 is 10.2 Å². The van der Waals surface area contributed by atoms with Gasteiger partial charge in [-0.1, -0.05) is 0 Å². The van der Waals surface area contributed by atoms with Crippen molar-refractivity contribution in [2.24, 2.45) is 0 Å². The van der Waals surface area contributed by atoms with Crippen molar-refractivity contribution in [2.45, 2.75) is 51.7 Å². The zero-order chi connectivity index (χ0) is 21.1. The molecule has 2 rings (SSSR count). The van der Waals surface area contributed by atoms with E-state index in [-0.39, 0.29) is 17.8 Å². The average molecular weight is 398 g/mol. The minimum Gasteiger partial charge on any atom is -0.465 e. The van der Waals surface area contributed by atoms with Crippen LogP contribution in [0.4, 0.5) is 19.3 Å². The molecule has 1 aliphatic rings. The van der Waals surface area contributed by atoms with E-state index in [9.17, 15) is 23.2 Å². The number of alkyl halides is 2. The standard InChI is InChI=1S/C19H24F2N2O5/c1-19(2,3)28-18(26)22-13-7-5-11-9-12(17(25)27-4)6-8-14(11)23(10-13)16(24)15(20)21/h6,8-9,13,15H,5,7,10H2,1-4H3,(H,22,26). The smallest absolute Gasteiger partial charge is 0.407 e. The predicted octanol–water partition coefficient (Wildman–Crippen LogP) is 2.91. The number of anilines is 1. The summed E-state index contributed by atoms with van der Waals surface area (Å²) in [5.41, 5.74) is 0.368. The number of alkyl carbamates (subject to hydrolysis) is 1. The lowest BCUT2D eigenvalue weighted by Gasteiger charge is -2.27. The summed E-state index contributed by atoms with van der Waals surface area (Å²) in [6.07, 6.45) is -3.14. The van der Waals surface area contributed by atoms with Crippen molar-refractivity contribution in [1.82, 2.24) is 5.32 Å². The summed E-state index contributed by atoms with van der Waals surface area (Å²) in [5.74, 6) is -1.94. The van der Waals surface area contributed by atoms with Gasteiger partial charge in [0.2, 0.25) is 0 Å². The Hall–Kier alpha value is -2.71. The predicted molar refractivity (Wildman–Crippen MR) is 97.6 cm³/mol. The van der Waals surface area contributed by atoms with Crippen LogP contribution in [-0.2, 0) is 20.7 Å². The molecule has 1 aromatic carbocycles. The molecular weight excluding hydrogens is 374 g/mol. The number of ether oxygens (including phenoxy) is 2. The summed E-state index contributed by atoms with van der Waals surface area (Å²) >= 11 is 0. The van der Waals surface area contributed by atoms with E-state index in [1.165, 1.54) is 25.3 Å². The topological polar surface area (TPSA) is 84.9 Å². The molecule has 1 N–H and O–H groups in total. The fourth-order valence-corrected chi connectivity index (χ4v) is 2.95. The Kier molecular flexibility index (Phi) is 6.58. The Bertz CT molecular complexity index is 761. The molecule has 2 amide bonds. The number of halogens is 2. The second kappa shape index (κ2) is 8.53. The van der Waals surface area contributed by atoms with Gasteiger partial charge >= 0.3 is 18.5 Å². The van der Waals surface area contributed by atoms with Crippen molar-refractivity contribution in [3.63, 3.8) is 0 Å². The first kappa shape index (κ1) is 21.6. The number of rotatable bonds is 3. The maximum Gasteiger partial charge on any atom is 0.407 e. The molecular formula is C19H24F2N2O5. The molecule has 0 aromatic heterocycles. The number of aryl methyl sites for hydroxylation is 1. The number of fused-ring (bicyclic) bond motifs is 1. The van der Waals surface area contributed by atoms with Gasteiger partial charge in [-0.15, -0.1) is 0 Å². The minimum atomic E-state index is -3.20. The second-order valence-electron chi connectivity index (χ2n) is 7.47. The summed E-state index contributed by atoms with van der Waals surface area (Å²) in [6, 6.07) is 3.78. The van der Waals surface area contributed by atoms with Crippen molar-refractivity contribution < 1.29 is 32.6 Å². The Morgan fingerprint density at radius 1 is 1.25 bits per heavy atom. The highest BCUT2D eigenvalue weighted by atomic mass is 19.3. The van der Waals surface area contributed by atoms with Gasteiger partial charge in [-0.05, 0) is 57.4 Å². The summed E-state index contributed by atoms with van der Waals surface area (Å²) in [6.45, 7) is 4.98. The third-order valence-corrected chi connectivity index (χ3v) is 4.13. The van der Waals surface area contributed by atoms with E-state index in [1.54, 1.807) is 20.8 Å². The lowest BCUT2D eigenvalue weighted by Crippen LogP contribution is -2.48. The molecule has 1 aromatic rings. The Balaban J connectivity index is 2.30. The van der Waals surface area contributed by atoms with Gasteiger partial charge in [0.05, 0.1) is 18.7 Å². The van der Waals surface area contributed by atoms with Gasteiger partial charge in [0.15, 0.2) is 0 Å². The van der Waals surface area contributed by atoms with Crippen LogP contribution >= 0.6 is 0 Å². The normalized spacial score (nSPS) is 16.8. The number of benzene rings is 1. The lowest BCUT2D eigenvalue weighted by atomic mass is 10.0. The third-order valence-electron chi connectivity index (χ3n) is 4.13. The van der Waals surface area contributed by atoms with Crippen molar-refractivity contribution in [2.75, 3.05) is 18.6 Å². The molecule has 0 aliphatic carbocycles. The molecule has 1 atom stereocenters. The largest absolute Gasteiger partial charge is 0.465 e. The summed E-state index contributed by atoms with van der Waals surface area (Å²) in [5, 5.41) is 2.63. The van der Waals surface area contributed by atoms with Gasteiger partial charge < -0.3 is 19.7 Å². The quantitative estimate of drug-likeness (QED) is 0.792. The van der Waals surface area contributed by atoms with E-state index < -0.39 is 36.0 Å². The number of nitrogens with one attached hydrogen (secondary N) is 1. The number of carbonyl (C=O) groups is 3. The number of carbonyl (C=O) groups excluding carboxylic acids is 3. The lowest BCUT2D eigenvalue weighted by molar-refractivity contribution is -0.129. The number of hydrogen-bond donors (Lipinski definition) is 1. The first-order valence-corrected chi connectivity index (χ1v) is 8.82. The van der Waals surface area contributed by atoms with Crippen molar-refractivity contribution >= 4 is 23.7 Å². The molecule has 1 unspecified atom stereocenters. The molecule has 1 heterocycles. The van der Waals surface area contributed by atoms with Crippen LogP contribution in [0, 0.1) is 0 Å². The summed E-state index contributed by atoms with van der Waals surface area (Å²) in [7, 11) is 1.24. The molecule has 7 nitrogen and oxygen atoms in total. The maximum atomic E-state index is 13.1. The molecule has 0 saturated carbocycles. The first-order chi connectivity index (χ1) is 13.0. The number of methoxy groups -OCH3 is 1. The molecule has 1 aliphatic heterocycles. The fraction of sp³-hybridized carbons (Fsp3) is 0.526. The van der Waals surface area contributed by atoms with Gasteiger partial charge in [0.1, 0.15) is 5.60 Å². The van der Waals surface area contributed by atoms with Crippen molar-refractivity contribution in [3.8, 4) is 0 Å². The highest BCUT2D eigenvalue weighted by molar-refractivity contribution is 5.98. The van der Waals surface area contributed by atoms with Gasteiger partial charge in [0.25, 0.3) is 5.91 Å². The zero-order valence-corrected chi connectivity index (χ0v) is 16.3. The molecule has 0 fully saturated rings. The van der Waals surface area contributed by atoms with E-state index in [1.807, 2.05) is 0 Å². The number of hydrogen-bond acceptors (Lipinski definition) is 5. The molecule has 9 heteroatoms. The van der Waals surface area contributed by atoms with E-state index in [0.29, 0.717) is 18.4 Å². The van der Waals surface area contributed by atoms with E-state index in [0.717, 1.165) is 4.90 Å². The average Bonchev–Trinajstić information content (AvgIpc) is 2.77. The minimum absolute atomic E-state index is 0.132. The number of esters is 1. The van der Waals surface area contributed by atoms with E-state index >= 15 is 0 Å². The number of nitrogens with zero attached hydrogens (tertiary/aromatic N) is 1. The van der Waals surface area contributed by atoms with Crippen LogP contribution in [0.5, 0.6) is 0 Å². The van der Waals surface area contributed by atoms with Crippen molar-refractivity contribution in [3.05, 3.63) is 29.3 Å². The van der Waals surface area contributed by atoms with E-state index in [2.05, 4.69) is 10.1 Å². The Morgan fingerprint density at radius 2 is 1.93 bits per heavy atom. The molecule has 0 radical (unpaired) electrons. The van der Waals surface area contributed by atoms with E-state index in [4.69, 9.17) is 4.74 Å². The van der Waals surface area contributed by atoms with Crippen LogP contribution in [-0.4, -0.2) is 49.7 Å². The number of amides is 2. The summed E-state index contributed by atoms with van der Waals surface area (Å²) in [4.78, 5) is 36.8. The molecule has 0 spiro atoms. The highest BCUT2D eigenvalue weighted by Gasteiger charge is 2.32. The molecule has 154 valence electrons. The Labute approximate surface area is 162 Å². The third kappa shape index (κ3) is 5.40. The molecule has 0 bridgehead atoms. The maximum absolute atomic E-state index is 13.1. The van der Waals surface area contributed by atoms with Crippen LogP contribution in [0.3, 0.4) is 0 Å². The van der Waals surface area contributed by atoms with Gasteiger partial charge in [0, 0.05) is 12.2 Å². The first-order valence-electron chi connectivity index (χ1n) is 8.82. The highest BCUT2D eigenvalue weighted by Crippen LogP contribution is 2.29. The van der Waals surface area contributed by atoms with Gasteiger partial charge in [-0.25, -0.2) is 9.59 Å².